The predicted octanol–water partition coefficient (Wildman–Crippen LogP) is 3.59. The Balaban J connectivity index is 1.82. The van der Waals surface area contributed by atoms with Crippen LogP contribution in [0.3, 0.4) is 0 Å². The van der Waals surface area contributed by atoms with Gasteiger partial charge in [-0.05, 0) is 50.2 Å². The van der Waals surface area contributed by atoms with Crippen molar-refractivity contribution in [3.05, 3.63) is 35.4 Å². The molecule has 1 fully saturated rings. The summed E-state index contributed by atoms with van der Waals surface area (Å²) in [5, 5.41) is 13.5. The number of rotatable bonds is 7. The van der Waals surface area contributed by atoms with E-state index >= 15 is 0 Å². The van der Waals surface area contributed by atoms with Crippen LogP contribution in [0, 0.1) is 0 Å². The predicted molar refractivity (Wildman–Crippen MR) is 80.3 cm³/mol. The Labute approximate surface area is 117 Å². The van der Waals surface area contributed by atoms with Crippen molar-refractivity contribution in [2.45, 2.75) is 64.0 Å². The number of aryl methyl sites for hydroxylation is 1. The molecule has 1 aliphatic rings. The molecule has 2 N–H and O–H groups in total. The van der Waals surface area contributed by atoms with Gasteiger partial charge < -0.3 is 10.4 Å². The van der Waals surface area contributed by atoms with Crippen molar-refractivity contribution >= 4 is 0 Å². The van der Waals surface area contributed by atoms with E-state index in [0.717, 1.165) is 12.8 Å². The summed E-state index contributed by atoms with van der Waals surface area (Å²) >= 11 is 0. The summed E-state index contributed by atoms with van der Waals surface area (Å²) in [6, 6.07) is 9.22. The largest absolute Gasteiger partial charge is 0.389 e. The summed E-state index contributed by atoms with van der Waals surface area (Å²) in [7, 11) is 0. The zero-order valence-electron chi connectivity index (χ0n) is 12.3. The Morgan fingerprint density at radius 1 is 1.26 bits per heavy atom. The van der Waals surface area contributed by atoms with E-state index in [0.29, 0.717) is 12.6 Å². The molecule has 0 heterocycles. The summed E-state index contributed by atoms with van der Waals surface area (Å²) in [5.41, 5.74) is 2.30. The molecule has 1 atom stereocenters. The van der Waals surface area contributed by atoms with Crippen LogP contribution in [0.1, 0.15) is 63.1 Å². The third-order valence-electron chi connectivity index (χ3n) is 4.32. The van der Waals surface area contributed by atoms with Crippen LogP contribution in [0.5, 0.6) is 0 Å². The quantitative estimate of drug-likeness (QED) is 0.786. The molecule has 1 aromatic rings. The summed E-state index contributed by atoms with van der Waals surface area (Å²) in [4.78, 5) is 0. The molecule has 2 heteroatoms. The highest BCUT2D eigenvalue weighted by Crippen LogP contribution is 2.31. The Bertz CT molecular complexity index is 381. The molecule has 19 heavy (non-hydrogen) atoms. The van der Waals surface area contributed by atoms with Gasteiger partial charge in [0.1, 0.15) is 0 Å². The van der Waals surface area contributed by atoms with Crippen LogP contribution in [-0.2, 0) is 6.42 Å². The molecule has 0 saturated heterocycles. The van der Waals surface area contributed by atoms with Crippen LogP contribution in [0.4, 0.5) is 0 Å². The molecule has 1 aliphatic carbocycles. The van der Waals surface area contributed by atoms with Gasteiger partial charge in [-0.2, -0.15) is 0 Å². The molecule has 0 bridgehead atoms. The Kier molecular flexibility index (Phi) is 5.00. The molecule has 0 radical (unpaired) electrons. The lowest BCUT2D eigenvalue weighted by Crippen LogP contribution is -2.46. The van der Waals surface area contributed by atoms with Gasteiger partial charge in [0.05, 0.1) is 5.60 Å². The molecule has 0 amide bonds. The molecule has 2 nitrogen and oxygen atoms in total. The maximum atomic E-state index is 10.1. The van der Waals surface area contributed by atoms with E-state index in [1.807, 2.05) is 0 Å². The fourth-order valence-corrected chi connectivity index (χ4v) is 2.58. The second-order valence-corrected chi connectivity index (χ2v) is 6.03. The van der Waals surface area contributed by atoms with Crippen molar-refractivity contribution in [3.8, 4) is 0 Å². The third kappa shape index (κ3) is 4.05. The first-order valence-electron chi connectivity index (χ1n) is 7.67. The Morgan fingerprint density at radius 2 is 1.95 bits per heavy atom. The van der Waals surface area contributed by atoms with Crippen LogP contribution in [-0.4, -0.2) is 17.3 Å². The minimum Gasteiger partial charge on any atom is -0.389 e. The molecule has 2 rings (SSSR count). The van der Waals surface area contributed by atoms with Crippen LogP contribution in [0.25, 0.3) is 0 Å². The minimum atomic E-state index is -0.435. The van der Waals surface area contributed by atoms with Gasteiger partial charge in [0.25, 0.3) is 0 Å². The number of aliphatic hydroxyl groups is 1. The van der Waals surface area contributed by atoms with Crippen molar-refractivity contribution in [2.75, 3.05) is 6.54 Å². The lowest BCUT2D eigenvalue weighted by molar-refractivity contribution is -0.0329. The van der Waals surface area contributed by atoms with Crippen LogP contribution < -0.4 is 5.32 Å². The summed E-state index contributed by atoms with van der Waals surface area (Å²) in [6.07, 6.45) is 6.75. The second-order valence-electron chi connectivity index (χ2n) is 6.03. The lowest BCUT2D eigenvalue weighted by Gasteiger charge is -2.37. The molecule has 1 aromatic carbocycles. The summed E-state index contributed by atoms with van der Waals surface area (Å²) in [5.74, 6) is 0. The van der Waals surface area contributed by atoms with E-state index in [4.69, 9.17) is 0 Å². The van der Waals surface area contributed by atoms with Crippen LogP contribution >= 0.6 is 0 Å². The van der Waals surface area contributed by atoms with E-state index in [1.165, 1.54) is 36.8 Å². The summed E-state index contributed by atoms with van der Waals surface area (Å²) in [6.45, 7) is 5.11. The zero-order chi connectivity index (χ0) is 13.7. The highest BCUT2D eigenvalue weighted by Gasteiger charge is 2.34. The number of hydrogen-bond acceptors (Lipinski definition) is 2. The normalized spacial score (nSPS) is 18.9. The number of hydrogen-bond donors (Lipinski definition) is 2. The van der Waals surface area contributed by atoms with Gasteiger partial charge in [-0.1, -0.05) is 37.6 Å². The van der Waals surface area contributed by atoms with Gasteiger partial charge >= 0.3 is 0 Å². The molecule has 1 saturated carbocycles. The highest BCUT2D eigenvalue weighted by molar-refractivity contribution is 5.24. The first kappa shape index (κ1) is 14.5. The van der Waals surface area contributed by atoms with E-state index in [2.05, 4.69) is 43.4 Å². The van der Waals surface area contributed by atoms with Crippen LogP contribution in [0.2, 0.25) is 0 Å². The van der Waals surface area contributed by atoms with Crippen molar-refractivity contribution in [2.24, 2.45) is 0 Å². The van der Waals surface area contributed by atoms with E-state index < -0.39 is 5.60 Å². The molecule has 106 valence electrons. The third-order valence-corrected chi connectivity index (χ3v) is 4.32. The van der Waals surface area contributed by atoms with Crippen molar-refractivity contribution in [1.82, 2.24) is 5.32 Å². The second kappa shape index (κ2) is 6.53. The van der Waals surface area contributed by atoms with Gasteiger partial charge in [-0.3, -0.25) is 0 Å². The molecule has 0 aliphatic heterocycles. The maximum Gasteiger partial charge on any atom is 0.0771 e. The van der Waals surface area contributed by atoms with Gasteiger partial charge in [-0.15, -0.1) is 0 Å². The van der Waals surface area contributed by atoms with E-state index in [1.54, 1.807) is 0 Å². The lowest BCUT2D eigenvalue weighted by atomic mass is 9.80. The van der Waals surface area contributed by atoms with Crippen molar-refractivity contribution in [3.63, 3.8) is 0 Å². The monoisotopic (exact) mass is 261 g/mol. The van der Waals surface area contributed by atoms with Gasteiger partial charge in [0, 0.05) is 12.6 Å². The van der Waals surface area contributed by atoms with Crippen LogP contribution in [0.15, 0.2) is 24.3 Å². The smallest absolute Gasteiger partial charge is 0.0771 e. The van der Waals surface area contributed by atoms with Crippen molar-refractivity contribution in [1.29, 1.82) is 0 Å². The minimum absolute atomic E-state index is 0.310. The van der Waals surface area contributed by atoms with E-state index in [-0.39, 0.29) is 0 Å². The molecule has 0 spiro atoms. The standard InChI is InChI=1S/C17H27NO/c1-3-4-6-15-7-9-16(10-8-15)14(2)18-13-17(19)11-5-12-17/h7-10,14,18-19H,3-6,11-13H2,1-2H3. The SMILES string of the molecule is CCCCc1ccc(C(C)NCC2(O)CCC2)cc1. The molecular formula is C17H27NO. The molecule has 1 unspecified atom stereocenters. The average molecular weight is 261 g/mol. The number of benzene rings is 1. The van der Waals surface area contributed by atoms with Gasteiger partial charge in [-0.25, -0.2) is 0 Å². The number of unbranched alkanes of at least 4 members (excludes halogenated alkanes) is 1. The van der Waals surface area contributed by atoms with Gasteiger partial charge in [0.2, 0.25) is 0 Å². The van der Waals surface area contributed by atoms with Gasteiger partial charge in [0.15, 0.2) is 0 Å². The Hall–Kier alpha value is -0.860. The number of nitrogens with one attached hydrogen (secondary N) is 1. The zero-order valence-corrected chi connectivity index (χ0v) is 12.3. The Morgan fingerprint density at radius 3 is 2.47 bits per heavy atom. The fourth-order valence-electron chi connectivity index (χ4n) is 2.58. The first-order valence-corrected chi connectivity index (χ1v) is 7.67. The molecular weight excluding hydrogens is 234 g/mol. The van der Waals surface area contributed by atoms with E-state index in [9.17, 15) is 5.11 Å². The first-order chi connectivity index (χ1) is 9.13. The molecule has 0 aromatic heterocycles. The summed E-state index contributed by atoms with van der Waals surface area (Å²) < 4.78 is 0. The average Bonchev–Trinajstić information content (AvgIpc) is 2.41. The highest BCUT2D eigenvalue weighted by atomic mass is 16.3. The maximum absolute atomic E-state index is 10.1. The van der Waals surface area contributed by atoms with Crippen molar-refractivity contribution < 1.29 is 5.11 Å². The topological polar surface area (TPSA) is 32.3 Å². The fraction of sp³-hybridized carbons (Fsp3) is 0.647.